The lowest BCUT2D eigenvalue weighted by atomic mass is 10.1. The monoisotopic (exact) mass is 285 g/mol. The molecule has 1 nitrogen and oxygen atoms in total. The first-order valence-electron chi connectivity index (χ1n) is 3.92. The summed E-state index contributed by atoms with van der Waals surface area (Å²) in [4.78, 5) is 0. The Kier molecular flexibility index (Phi) is 2.78. The molecule has 2 rings (SSSR count). The molecule has 0 aliphatic carbocycles. The molecular formula is C10H5BrClNS. The van der Waals surface area contributed by atoms with Crippen LogP contribution in [0.15, 0.2) is 17.5 Å². The summed E-state index contributed by atoms with van der Waals surface area (Å²) in [5.41, 5.74) is 1.69. The predicted octanol–water partition coefficient (Wildman–Crippen LogP) is 4.32. The Morgan fingerprint density at radius 1 is 1.50 bits per heavy atom. The second kappa shape index (κ2) is 3.90. The van der Waals surface area contributed by atoms with E-state index in [1.165, 1.54) is 0 Å². The molecule has 0 amide bonds. The number of benzene rings is 1. The van der Waals surface area contributed by atoms with Crippen molar-refractivity contribution in [3.63, 3.8) is 0 Å². The predicted molar refractivity (Wildman–Crippen MR) is 64.2 cm³/mol. The first kappa shape index (κ1) is 9.97. The van der Waals surface area contributed by atoms with Crippen molar-refractivity contribution in [3.05, 3.63) is 33.7 Å². The molecule has 1 heterocycles. The van der Waals surface area contributed by atoms with Gasteiger partial charge in [-0.05, 0) is 23.1 Å². The molecule has 1 aromatic carbocycles. The molecule has 1 aromatic heterocycles. The van der Waals surface area contributed by atoms with Crippen LogP contribution >= 0.6 is 38.9 Å². The second-order valence-electron chi connectivity index (χ2n) is 2.81. The molecule has 0 bridgehead atoms. The van der Waals surface area contributed by atoms with Crippen molar-refractivity contribution in [2.24, 2.45) is 0 Å². The number of thiophene rings is 1. The fraction of sp³-hybridized carbons (Fsp3) is 0.100. The maximum absolute atomic E-state index is 8.84. The minimum Gasteiger partial charge on any atom is -0.192 e. The summed E-state index contributed by atoms with van der Waals surface area (Å²) in [5.74, 6) is 0. The maximum Gasteiger partial charge on any atom is 0.101 e. The third-order valence-corrected chi connectivity index (χ3v) is 4.01. The van der Waals surface area contributed by atoms with E-state index < -0.39 is 0 Å². The van der Waals surface area contributed by atoms with E-state index in [0.717, 1.165) is 21.0 Å². The van der Waals surface area contributed by atoms with Crippen LogP contribution < -0.4 is 0 Å². The summed E-state index contributed by atoms with van der Waals surface area (Å²) in [6.45, 7) is 0. The summed E-state index contributed by atoms with van der Waals surface area (Å²) >= 11 is 11.2. The quantitative estimate of drug-likeness (QED) is 0.716. The van der Waals surface area contributed by atoms with Gasteiger partial charge in [-0.1, -0.05) is 27.5 Å². The molecule has 0 aliphatic rings. The van der Waals surface area contributed by atoms with E-state index in [1.807, 2.05) is 6.07 Å². The van der Waals surface area contributed by atoms with Crippen LogP contribution in [0.2, 0.25) is 5.02 Å². The van der Waals surface area contributed by atoms with Crippen LogP contribution in [-0.4, -0.2) is 0 Å². The molecule has 70 valence electrons. The molecule has 0 saturated carbocycles. The van der Waals surface area contributed by atoms with E-state index in [2.05, 4.69) is 27.4 Å². The Bertz CT molecular complexity index is 527. The number of hydrogen-bond acceptors (Lipinski definition) is 2. The average molecular weight is 287 g/mol. The molecule has 2 aromatic rings. The highest BCUT2D eigenvalue weighted by Gasteiger charge is 2.10. The fourth-order valence-electron chi connectivity index (χ4n) is 1.33. The molecule has 0 N–H and O–H groups in total. The summed E-state index contributed by atoms with van der Waals surface area (Å²) in [6.07, 6.45) is 0. The van der Waals surface area contributed by atoms with Gasteiger partial charge in [0.25, 0.3) is 0 Å². The van der Waals surface area contributed by atoms with Gasteiger partial charge in [-0.15, -0.1) is 11.3 Å². The molecule has 0 radical (unpaired) electrons. The van der Waals surface area contributed by atoms with E-state index in [1.54, 1.807) is 17.4 Å². The van der Waals surface area contributed by atoms with Crippen molar-refractivity contribution in [3.8, 4) is 6.07 Å². The van der Waals surface area contributed by atoms with Gasteiger partial charge >= 0.3 is 0 Å². The number of halogens is 2. The Labute approximate surface area is 99.0 Å². The molecule has 0 spiro atoms. The average Bonchev–Trinajstić information content (AvgIpc) is 2.62. The van der Waals surface area contributed by atoms with Gasteiger partial charge in [0.15, 0.2) is 0 Å². The Hall–Kier alpha value is -0.560. The van der Waals surface area contributed by atoms with E-state index in [4.69, 9.17) is 16.9 Å². The van der Waals surface area contributed by atoms with Crippen LogP contribution in [0.4, 0.5) is 0 Å². The third-order valence-electron chi connectivity index (χ3n) is 2.02. The fourth-order valence-corrected chi connectivity index (χ4v) is 3.34. The highest BCUT2D eigenvalue weighted by Crippen LogP contribution is 2.35. The van der Waals surface area contributed by atoms with Gasteiger partial charge < -0.3 is 0 Å². The van der Waals surface area contributed by atoms with Gasteiger partial charge in [-0.25, -0.2) is 0 Å². The third kappa shape index (κ3) is 1.44. The number of nitrogens with zero attached hydrogens (tertiary/aromatic N) is 1. The lowest BCUT2D eigenvalue weighted by Gasteiger charge is -1.99. The highest BCUT2D eigenvalue weighted by molar-refractivity contribution is 9.08. The van der Waals surface area contributed by atoms with Crippen molar-refractivity contribution in [2.45, 2.75) is 5.33 Å². The molecule has 0 aliphatic heterocycles. The van der Waals surface area contributed by atoms with Gasteiger partial charge in [0, 0.05) is 15.4 Å². The van der Waals surface area contributed by atoms with Gasteiger partial charge in [0.05, 0.1) is 10.6 Å². The van der Waals surface area contributed by atoms with Gasteiger partial charge in [-0.3, -0.25) is 0 Å². The van der Waals surface area contributed by atoms with Crippen LogP contribution in [0.5, 0.6) is 0 Å². The topological polar surface area (TPSA) is 23.8 Å². The summed E-state index contributed by atoms with van der Waals surface area (Å²) in [6, 6.07) is 5.79. The molecule has 0 atom stereocenters. The van der Waals surface area contributed by atoms with Crippen LogP contribution in [0, 0.1) is 11.3 Å². The van der Waals surface area contributed by atoms with Crippen molar-refractivity contribution in [1.29, 1.82) is 5.26 Å². The molecular weight excluding hydrogens is 282 g/mol. The summed E-state index contributed by atoms with van der Waals surface area (Å²) < 4.78 is 1.13. The lowest BCUT2D eigenvalue weighted by Crippen LogP contribution is -1.80. The van der Waals surface area contributed by atoms with Crippen LogP contribution in [0.25, 0.3) is 10.1 Å². The number of hydrogen-bond donors (Lipinski definition) is 0. The van der Waals surface area contributed by atoms with E-state index >= 15 is 0 Å². The molecule has 4 heteroatoms. The lowest BCUT2D eigenvalue weighted by molar-refractivity contribution is 1.49. The summed E-state index contributed by atoms with van der Waals surface area (Å²) in [5, 5.41) is 13.2. The van der Waals surface area contributed by atoms with Crippen molar-refractivity contribution >= 4 is 49.0 Å². The number of rotatable bonds is 1. The largest absolute Gasteiger partial charge is 0.192 e. The Morgan fingerprint density at radius 3 is 2.93 bits per heavy atom. The maximum atomic E-state index is 8.84. The van der Waals surface area contributed by atoms with Crippen LogP contribution in [0.1, 0.15) is 11.1 Å². The summed E-state index contributed by atoms with van der Waals surface area (Å²) in [7, 11) is 0. The van der Waals surface area contributed by atoms with Crippen molar-refractivity contribution < 1.29 is 0 Å². The van der Waals surface area contributed by atoms with Gasteiger partial charge in [0.1, 0.15) is 6.07 Å². The first-order chi connectivity index (χ1) is 6.77. The molecule has 14 heavy (non-hydrogen) atoms. The zero-order valence-corrected chi connectivity index (χ0v) is 10.2. The Balaban J connectivity index is 2.85. The van der Waals surface area contributed by atoms with Gasteiger partial charge in [-0.2, -0.15) is 5.26 Å². The van der Waals surface area contributed by atoms with E-state index in [9.17, 15) is 0 Å². The standard InChI is InChI=1S/C10H5BrClNS/c11-3-7-5-14-8-2-1-6(4-13)10(12)9(7)8/h1-2,5H,3H2. The van der Waals surface area contributed by atoms with Crippen molar-refractivity contribution in [2.75, 3.05) is 0 Å². The zero-order valence-electron chi connectivity index (χ0n) is 7.05. The minimum atomic E-state index is 0.541. The van der Waals surface area contributed by atoms with E-state index in [0.29, 0.717) is 10.6 Å². The second-order valence-corrected chi connectivity index (χ2v) is 4.66. The highest BCUT2D eigenvalue weighted by atomic mass is 79.9. The smallest absolute Gasteiger partial charge is 0.101 e. The zero-order chi connectivity index (χ0) is 10.1. The van der Waals surface area contributed by atoms with E-state index in [-0.39, 0.29) is 0 Å². The SMILES string of the molecule is N#Cc1ccc2scc(CBr)c2c1Cl. The minimum absolute atomic E-state index is 0.541. The van der Waals surface area contributed by atoms with Crippen LogP contribution in [-0.2, 0) is 5.33 Å². The number of fused-ring (bicyclic) bond motifs is 1. The molecule has 0 unspecified atom stereocenters. The normalized spacial score (nSPS) is 10.4. The molecule has 0 saturated heterocycles. The molecule has 0 fully saturated rings. The van der Waals surface area contributed by atoms with Crippen molar-refractivity contribution in [1.82, 2.24) is 0 Å². The van der Waals surface area contributed by atoms with Crippen LogP contribution in [0.3, 0.4) is 0 Å². The number of nitriles is 1. The van der Waals surface area contributed by atoms with Gasteiger partial charge in [0.2, 0.25) is 0 Å². The first-order valence-corrected chi connectivity index (χ1v) is 6.30. The Morgan fingerprint density at radius 2 is 2.29 bits per heavy atom. The number of alkyl halides is 1.